The van der Waals surface area contributed by atoms with Crippen molar-refractivity contribution in [2.45, 2.75) is 26.4 Å². The van der Waals surface area contributed by atoms with Gasteiger partial charge in [-0.2, -0.15) is 4.98 Å². The minimum Gasteiger partial charge on any atom is -0.485 e. The molecule has 0 saturated heterocycles. The molecule has 108 valence electrons. The first-order valence-corrected chi connectivity index (χ1v) is 7.64. The van der Waals surface area contributed by atoms with Gasteiger partial charge in [-0.1, -0.05) is 30.3 Å². The van der Waals surface area contributed by atoms with Crippen LogP contribution in [0, 0.1) is 0 Å². The van der Waals surface area contributed by atoms with E-state index in [-0.39, 0.29) is 0 Å². The molecule has 0 atom stereocenters. The third kappa shape index (κ3) is 3.66. The summed E-state index contributed by atoms with van der Waals surface area (Å²) in [5, 5.41) is 7.07. The minimum absolute atomic E-state index is 0.296. The largest absolute Gasteiger partial charge is 0.485 e. The zero-order valence-electron chi connectivity index (χ0n) is 11.7. The molecule has 0 spiro atoms. The van der Waals surface area contributed by atoms with E-state index < -0.39 is 0 Å². The predicted molar refractivity (Wildman–Crippen MR) is 79.4 cm³/mol. The number of benzene rings is 1. The smallest absolute Gasteiger partial charge is 0.232 e. The van der Waals surface area contributed by atoms with Gasteiger partial charge in [0.15, 0.2) is 6.61 Å². The topological polar surface area (TPSA) is 61.0 Å². The summed E-state index contributed by atoms with van der Waals surface area (Å²) in [7, 11) is 0. The van der Waals surface area contributed by atoms with Gasteiger partial charge in [-0.05, 0) is 18.6 Å². The monoisotopic (exact) mass is 301 g/mol. The molecule has 0 N–H and O–H groups in total. The fraction of sp³-hybridized carbons (Fsp3) is 0.267. The molecule has 3 aromatic rings. The van der Waals surface area contributed by atoms with Crippen molar-refractivity contribution in [1.29, 1.82) is 0 Å². The fourth-order valence-corrected chi connectivity index (χ4v) is 2.58. The maximum atomic E-state index is 5.58. The van der Waals surface area contributed by atoms with Crippen LogP contribution in [0.1, 0.15) is 29.3 Å². The highest BCUT2D eigenvalue weighted by Gasteiger charge is 2.10. The third-order valence-electron chi connectivity index (χ3n) is 2.86. The number of ether oxygens (including phenoxy) is 1. The first-order chi connectivity index (χ1) is 10.3. The van der Waals surface area contributed by atoms with Gasteiger partial charge >= 0.3 is 0 Å². The van der Waals surface area contributed by atoms with Crippen molar-refractivity contribution in [1.82, 2.24) is 15.1 Å². The molecule has 1 aromatic carbocycles. The first kappa shape index (κ1) is 13.8. The molecule has 0 amide bonds. The third-order valence-corrected chi connectivity index (χ3v) is 3.90. The second-order valence-electron chi connectivity index (χ2n) is 4.47. The Labute approximate surface area is 126 Å². The highest BCUT2D eigenvalue weighted by Crippen LogP contribution is 2.14. The van der Waals surface area contributed by atoms with Gasteiger partial charge in [0.2, 0.25) is 11.7 Å². The molecule has 2 heterocycles. The molecule has 0 unspecified atom stereocenters. The van der Waals surface area contributed by atoms with Crippen LogP contribution in [0.4, 0.5) is 0 Å². The van der Waals surface area contributed by atoms with Gasteiger partial charge < -0.3 is 9.26 Å². The highest BCUT2D eigenvalue weighted by molar-refractivity contribution is 7.09. The van der Waals surface area contributed by atoms with Crippen molar-refractivity contribution < 1.29 is 9.26 Å². The van der Waals surface area contributed by atoms with Crippen molar-refractivity contribution in [3.05, 3.63) is 58.1 Å². The average molecular weight is 301 g/mol. The summed E-state index contributed by atoms with van der Waals surface area (Å²) in [4.78, 5) is 8.80. The maximum absolute atomic E-state index is 5.58. The lowest BCUT2D eigenvalue weighted by molar-refractivity contribution is 0.285. The van der Waals surface area contributed by atoms with Crippen molar-refractivity contribution >= 4 is 11.3 Å². The molecule has 0 radical (unpaired) electrons. The molecule has 2 aromatic heterocycles. The van der Waals surface area contributed by atoms with Gasteiger partial charge in [0, 0.05) is 5.38 Å². The summed E-state index contributed by atoms with van der Waals surface area (Å²) in [5.74, 6) is 1.89. The SMILES string of the molecule is CCc1nc(Cc2nc(COc3ccccc3)no2)cs1. The lowest BCUT2D eigenvalue weighted by Gasteiger charge is -2.01. The van der Waals surface area contributed by atoms with E-state index in [0.29, 0.717) is 24.7 Å². The van der Waals surface area contributed by atoms with Crippen LogP contribution in [0.2, 0.25) is 0 Å². The number of thiazole rings is 1. The minimum atomic E-state index is 0.296. The number of rotatable bonds is 6. The summed E-state index contributed by atoms with van der Waals surface area (Å²) >= 11 is 1.66. The predicted octanol–water partition coefficient (Wildman–Crippen LogP) is 3.26. The Kier molecular flexibility index (Phi) is 4.25. The van der Waals surface area contributed by atoms with Crippen LogP contribution in [0.5, 0.6) is 5.75 Å². The first-order valence-electron chi connectivity index (χ1n) is 6.76. The summed E-state index contributed by atoms with van der Waals surface area (Å²) < 4.78 is 10.8. The van der Waals surface area contributed by atoms with Gasteiger partial charge in [0.25, 0.3) is 0 Å². The number of aromatic nitrogens is 3. The van der Waals surface area contributed by atoms with E-state index >= 15 is 0 Å². The summed E-state index contributed by atoms with van der Waals surface area (Å²) in [6, 6.07) is 9.57. The van der Waals surface area contributed by atoms with Gasteiger partial charge in [-0.25, -0.2) is 4.98 Å². The molecule has 0 aliphatic carbocycles. The van der Waals surface area contributed by atoms with Crippen molar-refractivity contribution in [2.24, 2.45) is 0 Å². The molecule has 0 saturated carbocycles. The van der Waals surface area contributed by atoms with Gasteiger partial charge in [0.1, 0.15) is 5.75 Å². The molecular formula is C15H15N3O2S. The standard InChI is InChI=1S/C15H15N3O2S/c1-2-15-16-11(10-21-15)8-14-17-13(18-20-14)9-19-12-6-4-3-5-7-12/h3-7,10H,2,8-9H2,1H3. The van der Waals surface area contributed by atoms with Gasteiger partial charge in [-0.3, -0.25) is 0 Å². The van der Waals surface area contributed by atoms with Crippen LogP contribution in [0.15, 0.2) is 40.2 Å². The number of hydrogen-bond donors (Lipinski definition) is 0. The Bertz CT molecular complexity index is 694. The van der Waals surface area contributed by atoms with E-state index in [1.807, 2.05) is 35.7 Å². The Morgan fingerprint density at radius 3 is 2.81 bits per heavy atom. The van der Waals surface area contributed by atoms with Crippen LogP contribution in [0.25, 0.3) is 0 Å². The Morgan fingerprint density at radius 1 is 1.19 bits per heavy atom. The maximum Gasteiger partial charge on any atom is 0.232 e. The van der Waals surface area contributed by atoms with E-state index in [0.717, 1.165) is 22.9 Å². The van der Waals surface area contributed by atoms with Crippen LogP contribution >= 0.6 is 11.3 Å². The highest BCUT2D eigenvalue weighted by atomic mass is 32.1. The molecule has 0 aliphatic rings. The lowest BCUT2D eigenvalue weighted by atomic mass is 10.3. The Hall–Kier alpha value is -2.21. The van der Waals surface area contributed by atoms with Crippen molar-refractivity contribution in [2.75, 3.05) is 0 Å². The molecule has 6 heteroatoms. The van der Waals surface area contributed by atoms with Crippen LogP contribution in [-0.2, 0) is 19.4 Å². The number of aryl methyl sites for hydroxylation is 1. The van der Waals surface area contributed by atoms with Gasteiger partial charge in [-0.15, -0.1) is 11.3 Å². The Balaban J connectivity index is 1.58. The van der Waals surface area contributed by atoms with Crippen molar-refractivity contribution in [3.63, 3.8) is 0 Å². The molecule has 21 heavy (non-hydrogen) atoms. The molecular weight excluding hydrogens is 286 g/mol. The number of hydrogen-bond acceptors (Lipinski definition) is 6. The average Bonchev–Trinajstić information content (AvgIpc) is 3.16. The van der Waals surface area contributed by atoms with E-state index in [1.165, 1.54) is 0 Å². The van der Waals surface area contributed by atoms with E-state index in [9.17, 15) is 0 Å². The fourth-order valence-electron chi connectivity index (χ4n) is 1.83. The molecule has 5 nitrogen and oxygen atoms in total. The van der Waals surface area contributed by atoms with Gasteiger partial charge in [0.05, 0.1) is 17.1 Å². The quantitative estimate of drug-likeness (QED) is 0.699. The summed E-state index contributed by atoms with van der Waals surface area (Å²) in [6.07, 6.45) is 1.51. The molecule has 0 aliphatic heterocycles. The summed E-state index contributed by atoms with van der Waals surface area (Å²) in [5.41, 5.74) is 0.969. The zero-order valence-corrected chi connectivity index (χ0v) is 12.5. The summed E-state index contributed by atoms with van der Waals surface area (Å²) in [6.45, 7) is 2.39. The number of nitrogens with zero attached hydrogens (tertiary/aromatic N) is 3. The van der Waals surface area contributed by atoms with E-state index in [4.69, 9.17) is 9.26 Å². The Morgan fingerprint density at radius 2 is 2.05 bits per heavy atom. The second-order valence-corrected chi connectivity index (χ2v) is 5.41. The molecule has 0 fully saturated rings. The van der Waals surface area contributed by atoms with E-state index in [1.54, 1.807) is 11.3 Å². The number of para-hydroxylation sites is 1. The van der Waals surface area contributed by atoms with Crippen LogP contribution in [-0.4, -0.2) is 15.1 Å². The van der Waals surface area contributed by atoms with Crippen molar-refractivity contribution in [3.8, 4) is 5.75 Å². The molecule has 0 bridgehead atoms. The van der Waals surface area contributed by atoms with Crippen LogP contribution < -0.4 is 4.74 Å². The lowest BCUT2D eigenvalue weighted by Crippen LogP contribution is -1.98. The molecule has 3 rings (SSSR count). The van der Waals surface area contributed by atoms with E-state index in [2.05, 4.69) is 22.0 Å². The second kappa shape index (κ2) is 6.49. The zero-order chi connectivity index (χ0) is 14.5. The van der Waals surface area contributed by atoms with Crippen LogP contribution in [0.3, 0.4) is 0 Å². The normalized spacial score (nSPS) is 10.7.